The summed E-state index contributed by atoms with van der Waals surface area (Å²) in [5.74, 6) is -0.735. The highest BCUT2D eigenvalue weighted by atomic mass is 32.1. The molecule has 0 aliphatic rings. The largest absolute Gasteiger partial charge is 0.505 e. The lowest BCUT2D eigenvalue weighted by Gasteiger charge is -2.01. The van der Waals surface area contributed by atoms with Gasteiger partial charge in [0.15, 0.2) is 10.7 Å². The van der Waals surface area contributed by atoms with Crippen LogP contribution in [0.15, 0.2) is 42.7 Å². The highest BCUT2D eigenvalue weighted by Crippen LogP contribution is 2.25. The predicted molar refractivity (Wildman–Crippen MR) is 77.0 cm³/mol. The van der Waals surface area contributed by atoms with Crippen LogP contribution in [0.4, 0.5) is 5.13 Å². The van der Waals surface area contributed by atoms with Crippen molar-refractivity contribution < 1.29 is 9.90 Å². The van der Waals surface area contributed by atoms with Crippen molar-refractivity contribution in [1.82, 2.24) is 20.2 Å². The summed E-state index contributed by atoms with van der Waals surface area (Å²) < 4.78 is 0. The lowest BCUT2D eigenvalue weighted by atomic mass is 10.3. The first kappa shape index (κ1) is 13.1. The summed E-state index contributed by atoms with van der Waals surface area (Å²) in [6.45, 7) is 0. The Hall–Kier alpha value is -2.87. The Bertz CT molecular complexity index is 775. The maximum atomic E-state index is 12.0. The number of rotatable bonds is 3. The van der Waals surface area contributed by atoms with Crippen molar-refractivity contribution >= 4 is 22.4 Å². The number of carbonyl (C=O) groups excluding carboxylic acids is 1. The highest BCUT2D eigenvalue weighted by molar-refractivity contribution is 7.18. The van der Waals surface area contributed by atoms with Gasteiger partial charge in [-0.05, 0) is 24.3 Å². The molecule has 0 fully saturated rings. The minimum absolute atomic E-state index is 0.0629. The van der Waals surface area contributed by atoms with Gasteiger partial charge in [-0.2, -0.15) is 0 Å². The molecule has 0 atom stereocenters. The zero-order valence-electron chi connectivity index (χ0n) is 10.6. The molecule has 1 amide bonds. The third-order valence-corrected chi connectivity index (χ3v) is 3.39. The second kappa shape index (κ2) is 5.63. The molecule has 3 aromatic rings. The second-order valence-corrected chi connectivity index (χ2v) is 4.93. The SMILES string of the molecule is O=C(Nc1nnc(-c2ccccn2)s1)c1ncccc1O. The Balaban J connectivity index is 1.79. The maximum Gasteiger partial charge on any atom is 0.279 e. The Morgan fingerprint density at radius 3 is 2.71 bits per heavy atom. The highest BCUT2D eigenvalue weighted by Gasteiger charge is 2.15. The zero-order chi connectivity index (χ0) is 14.7. The molecule has 0 saturated carbocycles. The van der Waals surface area contributed by atoms with Crippen LogP contribution in [0.2, 0.25) is 0 Å². The number of aromatic hydroxyl groups is 1. The molecule has 3 aromatic heterocycles. The molecule has 0 bridgehead atoms. The normalized spacial score (nSPS) is 10.3. The number of nitrogens with zero attached hydrogens (tertiary/aromatic N) is 4. The fourth-order valence-electron chi connectivity index (χ4n) is 1.59. The van der Waals surface area contributed by atoms with Crippen molar-refractivity contribution in [2.24, 2.45) is 0 Å². The quantitative estimate of drug-likeness (QED) is 0.766. The van der Waals surface area contributed by atoms with E-state index < -0.39 is 5.91 Å². The van der Waals surface area contributed by atoms with Gasteiger partial charge in [-0.15, -0.1) is 10.2 Å². The Morgan fingerprint density at radius 2 is 1.95 bits per heavy atom. The lowest BCUT2D eigenvalue weighted by Crippen LogP contribution is -2.13. The standard InChI is InChI=1S/C13H9N5O2S/c19-9-5-3-7-15-10(9)11(20)16-13-18-17-12(21-13)8-4-1-2-6-14-8/h1-7,19H,(H,16,18,20). The number of hydrogen-bond donors (Lipinski definition) is 2. The van der Waals surface area contributed by atoms with Crippen molar-refractivity contribution in [1.29, 1.82) is 0 Å². The summed E-state index contributed by atoms with van der Waals surface area (Å²) >= 11 is 1.19. The smallest absolute Gasteiger partial charge is 0.279 e. The van der Waals surface area contributed by atoms with E-state index in [4.69, 9.17) is 0 Å². The van der Waals surface area contributed by atoms with Gasteiger partial charge in [0, 0.05) is 12.4 Å². The molecule has 0 unspecified atom stereocenters. The van der Waals surface area contributed by atoms with Crippen LogP contribution in [0.5, 0.6) is 5.75 Å². The zero-order valence-corrected chi connectivity index (χ0v) is 11.4. The van der Waals surface area contributed by atoms with E-state index in [2.05, 4.69) is 25.5 Å². The summed E-state index contributed by atoms with van der Waals surface area (Å²) in [6.07, 6.45) is 3.08. The molecule has 0 aliphatic carbocycles. The van der Waals surface area contributed by atoms with Gasteiger partial charge in [-0.1, -0.05) is 17.4 Å². The fourth-order valence-corrected chi connectivity index (χ4v) is 2.31. The Labute approximate surface area is 123 Å². The number of pyridine rings is 2. The van der Waals surface area contributed by atoms with Gasteiger partial charge >= 0.3 is 0 Å². The lowest BCUT2D eigenvalue weighted by molar-refractivity contribution is 0.101. The van der Waals surface area contributed by atoms with Crippen molar-refractivity contribution in [3.8, 4) is 16.5 Å². The van der Waals surface area contributed by atoms with Crippen LogP contribution < -0.4 is 5.32 Å². The molecule has 104 valence electrons. The molecule has 0 radical (unpaired) electrons. The molecular formula is C13H9N5O2S. The van der Waals surface area contributed by atoms with E-state index in [0.29, 0.717) is 15.8 Å². The van der Waals surface area contributed by atoms with Crippen LogP contribution in [-0.2, 0) is 0 Å². The van der Waals surface area contributed by atoms with Gasteiger partial charge < -0.3 is 5.11 Å². The number of carbonyl (C=O) groups is 1. The topological polar surface area (TPSA) is 101 Å². The van der Waals surface area contributed by atoms with Crippen LogP contribution in [0.3, 0.4) is 0 Å². The van der Waals surface area contributed by atoms with Crippen LogP contribution >= 0.6 is 11.3 Å². The summed E-state index contributed by atoms with van der Waals surface area (Å²) in [4.78, 5) is 19.9. The molecule has 7 nitrogen and oxygen atoms in total. The van der Waals surface area contributed by atoms with E-state index >= 15 is 0 Å². The number of hydrogen-bond acceptors (Lipinski definition) is 7. The van der Waals surface area contributed by atoms with Crippen LogP contribution in [0.1, 0.15) is 10.5 Å². The summed E-state index contributed by atoms with van der Waals surface area (Å²) in [5, 5.41) is 20.9. The van der Waals surface area contributed by atoms with Gasteiger partial charge in [-0.25, -0.2) is 4.98 Å². The minimum atomic E-state index is -0.545. The first-order valence-corrected chi connectivity index (χ1v) is 6.76. The molecule has 2 N–H and O–H groups in total. The average molecular weight is 299 g/mol. The van der Waals surface area contributed by atoms with Crippen molar-refractivity contribution in [3.63, 3.8) is 0 Å². The summed E-state index contributed by atoms with van der Waals surface area (Å²) in [7, 11) is 0. The molecule has 3 rings (SSSR count). The van der Waals surface area contributed by atoms with E-state index in [1.54, 1.807) is 18.3 Å². The number of anilines is 1. The second-order valence-electron chi connectivity index (χ2n) is 3.95. The molecule has 0 spiro atoms. The van der Waals surface area contributed by atoms with Crippen LogP contribution in [0.25, 0.3) is 10.7 Å². The van der Waals surface area contributed by atoms with E-state index in [-0.39, 0.29) is 11.4 Å². The van der Waals surface area contributed by atoms with E-state index in [1.807, 2.05) is 6.07 Å². The molecule has 0 aliphatic heterocycles. The summed E-state index contributed by atoms with van der Waals surface area (Å²) in [5.41, 5.74) is 0.614. The van der Waals surface area contributed by atoms with E-state index in [9.17, 15) is 9.90 Å². The number of aromatic nitrogens is 4. The van der Waals surface area contributed by atoms with Crippen molar-refractivity contribution in [2.45, 2.75) is 0 Å². The molecular weight excluding hydrogens is 290 g/mol. The minimum Gasteiger partial charge on any atom is -0.505 e. The third kappa shape index (κ3) is 2.84. The molecule has 0 aromatic carbocycles. The van der Waals surface area contributed by atoms with Crippen molar-refractivity contribution in [2.75, 3.05) is 5.32 Å². The van der Waals surface area contributed by atoms with Gasteiger partial charge in [0.25, 0.3) is 5.91 Å². The van der Waals surface area contributed by atoms with Gasteiger partial charge in [0.2, 0.25) is 5.13 Å². The molecule has 21 heavy (non-hydrogen) atoms. The molecule has 8 heteroatoms. The average Bonchev–Trinajstić information content (AvgIpc) is 2.97. The van der Waals surface area contributed by atoms with Crippen LogP contribution in [0, 0.1) is 0 Å². The predicted octanol–water partition coefficient (Wildman–Crippen LogP) is 1.95. The number of nitrogens with one attached hydrogen (secondary N) is 1. The molecule has 0 saturated heterocycles. The van der Waals surface area contributed by atoms with Gasteiger partial charge in [-0.3, -0.25) is 15.1 Å². The third-order valence-electron chi connectivity index (χ3n) is 2.53. The van der Waals surface area contributed by atoms with Gasteiger partial charge in [0.1, 0.15) is 11.4 Å². The van der Waals surface area contributed by atoms with E-state index in [1.165, 1.54) is 29.7 Å². The van der Waals surface area contributed by atoms with Crippen LogP contribution in [-0.4, -0.2) is 31.2 Å². The first-order chi connectivity index (χ1) is 10.2. The van der Waals surface area contributed by atoms with E-state index in [0.717, 1.165) is 0 Å². The first-order valence-electron chi connectivity index (χ1n) is 5.94. The summed E-state index contributed by atoms with van der Waals surface area (Å²) in [6, 6.07) is 8.37. The maximum absolute atomic E-state index is 12.0. The Kier molecular flexibility index (Phi) is 3.52. The molecule has 3 heterocycles. The van der Waals surface area contributed by atoms with Gasteiger partial charge in [0.05, 0.1) is 0 Å². The fraction of sp³-hybridized carbons (Fsp3) is 0. The van der Waals surface area contributed by atoms with Crippen molar-refractivity contribution in [3.05, 3.63) is 48.4 Å². The number of amides is 1. The Morgan fingerprint density at radius 1 is 1.10 bits per heavy atom. The monoisotopic (exact) mass is 299 g/mol.